The van der Waals surface area contributed by atoms with Gasteiger partial charge in [-0.2, -0.15) is 5.10 Å². The van der Waals surface area contributed by atoms with E-state index in [-0.39, 0.29) is 5.91 Å². The molecule has 0 aliphatic rings. The van der Waals surface area contributed by atoms with E-state index in [0.29, 0.717) is 19.6 Å². The van der Waals surface area contributed by atoms with Crippen molar-refractivity contribution in [2.75, 3.05) is 20.6 Å². The predicted molar refractivity (Wildman–Crippen MR) is 89.7 cm³/mol. The Kier molecular flexibility index (Phi) is 5.87. The summed E-state index contributed by atoms with van der Waals surface area (Å²) in [5, 5.41) is 4.32. The lowest BCUT2D eigenvalue weighted by atomic mass is 10.2. The van der Waals surface area contributed by atoms with Crippen LogP contribution in [0.5, 0.6) is 0 Å². The fraction of sp³-hybridized carbons (Fsp3) is 0.471. The third-order valence-electron chi connectivity index (χ3n) is 3.92. The summed E-state index contributed by atoms with van der Waals surface area (Å²) in [5.74, 6) is 0.0973. The van der Waals surface area contributed by atoms with E-state index in [1.165, 1.54) is 0 Å². The molecule has 2 heterocycles. The number of pyridine rings is 1. The van der Waals surface area contributed by atoms with Gasteiger partial charge in [0.25, 0.3) is 0 Å². The molecule has 6 heteroatoms. The van der Waals surface area contributed by atoms with Crippen LogP contribution in [-0.2, 0) is 24.4 Å². The summed E-state index contributed by atoms with van der Waals surface area (Å²) in [6, 6.07) is 3.92. The molecule has 6 nitrogen and oxygen atoms in total. The molecule has 0 bridgehead atoms. The van der Waals surface area contributed by atoms with Crippen LogP contribution in [0.2, 0.25) is 0 Å². The van der Waals surface area contributed by atoms with Crippen molar-refractivity contribution in [1.82, 2.24) is 24.6 Å². The van der Waals surface area contributed by atoms with Crippen LogP contribution in [0, 0.1) is 6.92 Å². The van der Waals surface area contributed by atoms with Gasteiger partial charge in [0, 0.05) is 50.3 Å². The van der Waals surface area contributed by atoms with Crippen molar-refractivity contribution in [2.45, 2.75) is 33.5 Å². The topological polar surface area (TPSA) is 54.3 Å². The first-order valence-corrected chi connectivity index (χ1v) is 7.84. The number of likely N-dealkylation sites (N-methyl/N-ethyl adjacent to an activating group) is 2. The van der Waals surface area contributed by atoms with Crippen LogP contribution in [0.1, 0.15) is 23.7 Å². The van der Waals surface area contributed by atoms with Crippen LogP contribution >= 0.6 is 0 Å². The lowest BCUT2D eigenvalue weighted by molar-refractivity contribution is -0.131. The summed E-state index contributed by atoms with van der Waals surface area (Å²) < 4.78 is 1.95. The predicted octanol–water partition coefficient (Wildman–Crippen LogP) is 1.70. The number of hydrogen-bond acceptors (Lipinski definition) is 4. The summed E-state index contributed by atoms with van der Waals surface area (Å²) in [5.41, 5.74) is 3.32. The number of carbonyl (C=O) groups is 1. The Labute approximate surface area is 137 Å². The van der Waals surface area contributed by atoms with Crippen LogP contribution in [0.25, 0.3) is 0 Å². The van der Waals surface area contributed by atoms with E-state index in [0.717, 1.165) is 23.4 Å². The zero-order chi connectivity index (χ0) is 16.8. The third kappa shape index (κ3) is 4.63. The highest BCUT2D eigenvalue weighted by Gasteiger charge is 2.15. The number of aryl methyl sites for hydroxylation is 1. The van der Waals surface area contributed by atoms with Crippen molar-refractivity contribution in [3.8, 4) is 0 Å². The molecule has 0 radical (unpaired) electrons. The van der Waals surface area contributed by atoms with Gasteiger partial charge in [-0.05, 0) is 32.5 Å². The summed E-state index contributed by atoms with van der Waals surface area (Å²) in [4.78, 5) is 20.2. The van der Waals surface area contributed by atoms with E-state index < -0.39 is 0 Å². The zero-order valence-electron chi connectivity index (χ0n) is 14.4. The standard InChI is InChI=1S/C17H25N5O/c1-5-22-14(2)16(10-19-22)12-21(4)17(23)13-20(3)11-15-7-6-8-18-9-15/h6-10H,5,11-13H2,1-4H3. The van der Waals surface area contributed by atoms with E-state index >= 15 is 0 Å². The number of amides is 1. The van der Waals surface area contributed by atoms with Crippen molar-refractivity contribution in [2.24, 2.45) is 0 Å². The smallest absolute Gasteiger partial charge is 0.236 e. The molecule has 2 aromatic rings. The molecule has 0 atom stereocenters. The molecular weight excluding hydrogens is 290 g/mol. The van der Waals surface area contributed by atoms with E-state index in [4.69, 9.17) is 0 Å². The highest BCUT2D eigenvalue weighted by atomic mass is 16.2. The Morgan fingerprint density at radius 1 is 1.26 bits per heavy atom. The van der Waals surface area contributed by atoms with Crippen LogP contribution in [0.15, 0.2) is 30.7 Å². The lowest BCUT2D eigenvalue weighted by Crippen LogP contribution is -2.36. The molecule has 0 saturated heterocycles. The Morgan fingerprint density at radius 3 is 2.65 bits per heavy atom. The second-order valence-corrected chi connectivity index (χ2v) is 5.85. The lowest BCUT2D eigenvalue weighted by Gasteiger charge is -2.22. The fourth-order valence-electron chi connectivity index (χ4n) is 2.51. The normalized spacial score (nSPS) is 11.0. The van der Waals surface area contributed by atoms with Crippen molar-refractivity contribution in [3.05, 3.63) is 47.5 Å². The largest absolute Gasteiger partial charge is 0.340 e. The van der Waals surface area contributed by atoms with Crippen LogP contribution in [0.4, 0.5) is 0 Å². The molecule has 1 amide bonds. The average molecular weight is 315 g/mol. The monoisotopic (exact) mass is 315 g/mol. The molecular formula is C17H25N5O. The van der Waals surface area contributed by atoms with Gasteiger partial charge in [0.2, 0.25) is 5.91 Å². The first-order chi connectivity index (χ1) is 11.0. The van der Waals surface area contributed by atoms with Gasteiger partial charge in [-0.15, -0.1) is 0 Å². The van der Waals surface area contributed by atoms with Crippen molar-refractivity contribution in [3.63, 3.8) is 0 Å². The molecule has 0 N–H and O–H groups in total. The second kappa shape index (κ2) is 7.87. The van der Waals surface area contributed by atoms with Gasteiger partial charge in [-0.3, -0.25) is 19.4 Å². The molecule has 23 heavy (non-hydrogen) atoms. The number of carbonyl (C=O) groups excluding carboxylic acids is 1. The molecule has 0 saturated carbocycles. The van der Waals surface area contributed by atoms with Crippen LogP contribution in [0.3, 0.4) is 0 Å². The van der Waals surface area contributed by atoms with E-state index in [2.05, 4.69) is 17.0 Å². The minimum Gasteiger partial charge on any atom is -0.340 e. The Balaban J connectivity index is 1.88. The molecule has 0 fully saturated rings. The maximum Gasteiger partial charge on any atom is 0.236 e. The summed E-state index contributed by atoms with van der Waals surface area (Å²) in [6.07, 6.45) is 5.43. The third-order valence-corrected chi connectivity index (χ3v) is 3.92. The SMILES string of the molecule is CCn1ncc(CN(C)C(=O)CN(C)Cc2cccnc2)c1C. The van der Waals surface area contributed by atoms with Crippen molar-refractivity contribution >= 4 is 5.91 Å². The van der Waals surface area contributed by atoms with E-state index in [1.807, 2.05) is 55.1 Å². The first-order valence-electron chi connectivity index (χ1n) is 7.84. The number of hydrogen-bond donors (Lipinski definition) is 0. The van der Waals surface area contributed by atoms with Crippen LogP contribution in [-0.4, -0.2) is 51.1 Å². The molecule has 2 aromatic heterocycles. The van der Waals surface area contributed by atoms with Gasteiger partial charge in [-0.1, -0.05) is 6.07 Å². The fourth-order valence-corrected chi connectivity index (χ4v) is 2.51. The van der Waals surface area contributed by atoms with E-state index in [1.54, 1.807) is 11.1 Å². The van der Waals surface area contributed by atoms with Gasteiger partial charge in [-0.25, -0.2) is 0 Å². The maximum atomic E-state index is 12.4. The van der Waals surface area contributed by atoms with Crippen molar-refractivity contribution in [1.29, 1.82) is 0 Å². The number of nitrogens with zero attached hydrogens (tertiary/aromatic N) is 5. The molecule has 0 aliphatic carbocycles. The number of aromatic nitrogens is 3. The Bertz CT molecular complexity index is 638. The molecule has 0 spiro atoms. The van der Waals surface area contributed by atoms with Gasteiger partial charge in [0.15, 0.2) is 0 Å². The quantitative estimate of drug-likeness (QED) is 0.780. The van der Waals surface area contributed by atoms with Gasteiger partial charge >= 0.3 is 0 Å². The summed E-state index contributed by atoms with van der Waals surface area (Å²) >= 11 is 0. The minimum absolute atomic E-state index is 0.0973. The highest BCUT2D eigenvalue weighted by Crippen LogP contribution is 2.10. The molecule has 2 rings (SSSR count). The van der Waals surface area contributed by atoms with Gasteiger partial charge in [0.1, 0.15) is 0 Å². The molecule has 0 unspecified atom stereocenters. The minimum atomic E-state index is 0.0973. The summed E-state index contributed by atoms with van der Waals surface area (Å²) in [6.45, 7) is 6.63. The Morgan fingerprint density at radius 2 is 2.04 bits per heavy atom. The van der Waals surface area contributed by atoms with Gasteiger partial charge in [0.05, 0.1) is 12.7 Å². The van der Waals surface area contributed by atoms with Crippen LogP contribution < -0.4 is 0 Å². The van der Waals surface area contributed by atoms with E-state index in [9.17, 15) is 4.79 Å². The number of rotatable bonds is 7. The highest BCUT2D eigenvalue weighted by molar-refractivity contribution is 5.77. The molecule has 0 aliphatic heterocycles. The summed E-state index contributed by atoms with van der Waals surface area (Å²) in [7, 11) is 3.78. The second-order valence-electron chi connectivity index (χ2n) is 5.85. The zero-order valence-corrected chi connectivity index (χ0v) is 14.4. The average Bonchev–Trinajstić information content (AvgIpc) is 2.88. The van der Waals surface area contributed by atoms with Gasteiger partial charge < -0.3 is 4.90 Å². The molecule has 124 valence electrons. The maximum absolute atomic E-state index is 12.4. The first kappa shape index (κ1) is 17.1. The molecule has 0 aromatic carbocycles. The Hall–Kier alpha value is -2.21. The van der Waals surface area contributed by atoms with Crippen molar-refractivity contribution < 1.29 is 4.79 Å².